The average Bonchev–Trinajstić information content (AvgIpc) is 2.68. The van der Waals surface area contributed by atoms with Crippen molar-refractivity contribution in [3.05, 3.63) is 29.8 Å². The molecule has 0 bridgehead atoms. The molecule has 28 heavy (non-hydrogen) atoms. The van der Waals surface area contributed by atoms with Gasteiger partial charge in [0.25, 0.3) is 11.8 Å². The Morgan fingerprint density at radius 2 is 1.61 bits per heavy atom. The van der Waals surface area contributed by atoms with Crippen LogP contribution in [0.2, 0.25) is 0 Å². The Hall–Kier alpha value is -2.04. The quantitative estimate of drug-likeness (QED) is 0.826. The Kier molecular flexibility index (Phi) is 6.97. The zero-order valence-electron chi connectivity index (χ0n) is 17.4. The lowest BCUT2D eigenvalue weighted by Gasteiger charge is -2.38. The number of nitrogens with zero attached hydrogens (tertiary/aromatic N) is 1. The number of ether oxygens (including phenoxy) is 1. The first-order chi connectivity index (χ1) is 13.5. The summed E-state index contributed by atoms with van der Waals surface area (Å²) in [6.07, 6.45) is 7.97. The maximum absolute atomic E-state index is 12.6. The highest BCUT2D eigenvalue weighted by molar-refractivity contribution is 5.94. The van der Waals surface area contributed by atoms with Gasteiger partial charge < -0.3 is 15.0 Å². The lowest BCUT2D eigenvalue weighted by Crippen LogP contribution is -2.49. The van der Waals surface area contributed by atoms with Crippen LogP contribution in [0.1, 0.15) is 76.1 Å². The minimum absolute atomic E-state index is 0.0302. The first-order valence-corrected chi connectivity index (χ1v) is 10.8. The molecule has 1 saturated heterocycles. The molecule has 1 aliphatic carbocycles. The topological polar surface area (TPSA) is 58.6 Å². The Bertz CT molecular complexity index is 663. The number of carbonyl (C=O) groups is 2. The van der Waals surface area contributed by atoms with Crippen LogP contribution in [0.25, 0.3) is 0 Å². The van der Waals surface area contributed by atoms with Crippen molar-refractivity contribution in [2.75, 3.05) is 6.61 Å². The summed E-state index contributed by atoms with van der Waals surface area (Å²) in [5.74, 6) is 1.16. The third kappa shape index (κ3) is 5.06. The molecule has 1 aromatic rings. The van der Waals surface area contributed by atoms with Crippen LogP contribution in [-0.4, -0.2) is 41.4 Å². The molecule has 4 atom stereocenters. The molecule has 5 heteroatoms. The number of nitrogens with one attached hydrogen (secondary N) is 1. The van der Waals surface area contributed by atoms with Crippen LogP contribution in [0, 0.1) is 5.92 Å². The van der Waals surface area contributed by atoms with Crippen molar-refractivity contribution >= 4 is 11.8 Å². The molecular formula is C23H34N2O3. The Balaban J connectivity index is 1.51. The van der Waals surface area contributed by atoms with Gasteiger partial charge in [0.15, 0.2) is 6.61 Å². The first-order valence-electron chi connectivity index (χ1n) is 10.8. The van der Waals surface area contributed by atoms with Crippen molar-refractivity contribution in [1.29, 1.82) is 0 Å². The van der Waals surface area contributed by atoms with Crippen molar-refractivity contribution in [1.82, 2.24) is 10.2 Å². The van der Waals surface area contributed by atoms with Crippen LogP contribution >= 0.6 is 0 Å². The fourth-order valence-electron chi connectivity index (χ4n) is 4.62. The van der Waals surface area contributed by atoms with Gasteiger partial charge in [-0.3, -0.25) is 9.59 Å². The number of rotatable bonds is 5. The van der Waals surface area contributed by atoms with E-state index in [1.807, 2.05) is 4.90 Å². The monoisotopic (exact) mass is 386 g/mol. The fraction of sp³-hybridized carbons (Fsp3) is 0.652. The number of piperidine rings is 1. The fourth-order valence-corrected chi connectivity index (χ4v) is 4.62. The van der Waals surface area contributed by atoms with Crippen LogP contribution in [-0.2, 0) is 4.79 Å². The van der Waals surface area contributed by atoms with Crippen LogP contribution in [0.5, 0.6) is 5.75 Å². The molecule has 0 spiro atoms. The highest BCUT2D eigenvalue weighted by atomic mass is 16.5. The van der Waals surface area contributed by atoms with E-state index in [1.54, 1.807) is 24.3 Å². The van der Waals surface area contributed by atoms with E-state index in [0.717, 1.165) is 19.3 Å². The van der Waals surface area contributed by atoms with Crippen LogP contribution in [0.15, 0.2) is 24.3 Å². The summed E-state index contributed by atoms with van der Waals surface area (Å²) in [5.41, 5.74) is 0.634. The predicted molar refractivity (Wildman–Crippen MR) is 110 cm³/mol. The number of amides is 2. The van der Waals surface area contributed by atoms with E-state index >= 15 is 0 Å². The summed E-state index contributed by atoms with van der Waals surface area (Å²) in [4.78, 5) is 27.0. The van der Waals surface area contributed by atoms with E-state index in [9.17, 15) is 9.59 Å². The zero-order valence-corrected chi connectivity index (χ0v) is 17.4. The van der Waals surface area contributed by atoms with Gasteiger partial charge >= 0.3 is 0 Å². The number of carbonyl (C=O) groups excluding carboxylic acids is 2. The molecule has 2 fully saturated rings. The van der Waals surface area contributed by atoms with Crippen molar-refractivity contribution in [2.24, 2.45) is 5.92 Å². The first kappa shape index (κ1) is 20.7. The normalized spacial score (nSPS) is 27.9. The van der Waals surface area contributed by atoms with Gasteiger partial charge in [-0.15, -0.1) is 0 Å². The van der Waals surface area contributed by atoms with Gasteiger partial charge in [-0.25, -0.2) is 0 Å². The van der Waals surface area contributed by atoms with Gasteiger partial charge in [0.1, 0.15) is 5.75 Å². The van der Waals surface area contributed by atoms with Crippen molar-refractivity contribution in [3.8, 4) is 5.75 Å². The molecule has 2 aliphatic rings. The smallest absolute Gasteiger partial charge is 0.260 e. The molecule has 5 nitrogen and oxygen atoms in total. The van der Waals surface area contributed by atoms with E-state index < -0.39 is 0 Å². The average molecular weight is 387 g/mol. The molecule has 1 N–H and O–H groups in total. The Morgan fingerprint density at radius 1 is 0.964 bits per heavy atom. The maximum Gasteiger partial charge on any atom is 0.260 e. The molecule has 2 amide bonds. The molecule has 0 radical (unpaired) electrons. The second-order valence-corrected chi connectivity index (χ2v) is 8.58. The standard InChI is InChI=1S/C23H34N2O3/c1-16-7-4-5-10-21(16)24-23(27)19-11-13-20(14-12-19)28-15-22(26)25-17(2)8-6-9-18(25)3/h11-14,16-18,21H,4-10,15H2,1-3H3,(H,24,27). The molecule has 1 aromatic carbocycles. The van der Waals surface area contributed by atoms with Crippen LogP contribution in [0.3, 0.4) is 0 Å². The van der Waals surface area contributed by atoms with Gasteiger partial charge in [-0.2, -0.15) is 0 Å². The molecule has 3 rings (SSSR count). The number of hydrogen-bond acceptors (Lipinski definition) is 3. The van der Waals surface area contributed by atoms with E-state index in [0.29, 0.717) is 17.2 Å². The second kappa shape index (κ2) is 9.44. The summed E-state index contributed by atoms with van der Waals surface area (Å²) in [6, 6.07) is 7.90. The van der Waals surface area contributed by atoms with Crippen molar-refractivity contribution in [2.45, 2.75) is 83.8 Å². The van der Waals surface area contributed by atoms with Crippen molar-refractivity contribution < 1.29 is 14.3 Å². The van der Waals surface area contributed by atoms with E-state index in [1.165, 1.54) is 25.7 Å². The van der Waals surface area contributed by atoms with Gasteiger partial charge in [0, 0.05) is 23.7 Å². The van der Waals surface area contributed by atoms with Gasteiger partial charge in [0.05, 0.1) is 0 Å². The van der Waals surface area contributed by atoms with Gasteiger partial charge in [0.2, 0.25) is 0 Å². The molecule has 1 heterocycles. The number of hydrogen-bond donors (Lipinski definition) is 1. The Morgan fingerprint density at radius 3 is 2.25 bits per heavy atom. The van der Waals surface area contributed by atoms with Crippen LogP contribution < -0.4 is 10.1 Å². The number of benzene rings is 1. The summed E-state index contributed by atoms with van der Waals surface area (Å²) in [5, 5.41) is 3.17. The Labute approximate surface area is 168 Å². The van der Waals surface area contributed by atoms with E-state index in [2.05, 4.69) is 26.1 Å². The second-order valence-electron chi connectivity index (χ2n) is 8.58. The molecular weight excluding hydrogens is 352 g/mol. The summed E-state index contributed by atoms with van der Waals surface area (Å²) < 4.78 is 5.70. The molecule has 0 aromatic heterocycles. The third-order valence-corrected chi connectivity index (χ3v) is 6.39. The summed E-state index contributed by atoms with van der Waals surface area (Å²) in [6.45, 7) is 6.46. The number of likely N-dealkylation sites (tertiary alicyclic amines) is 1. The highest BCUT2D eigenvalue weighted by Gasteiger charge is 2.29. The predicted octanol–water partition coefficient (Wildman–Crippen LogP) is 4.16. The lowest BCUT2D eigenvalue weighted by atomic mass is 9.86. The summed E-state index contributed by atoms with van der Waals surface area (Å²) >= 11 is 0. The molecule has 1 saturated carbocycles. The molecule has 154 valence electrons. The maximum atomic E-state index is 12.6. The molecule has 4 unspecified atom stereocenters. The van der Waals surface area contributed by atoms with Crippen molar-refractivity contribution in [3.63, 3.8) is 0 Å². The minimum Gasteiger partial charge on any atom is -0.484 e. The zero-order chi connectivity index (χ0) is 20.1. The van der Waals surface area contributed by atoms with E-state index in [-0.39, 0.29) is 36.5 Å². The summed E-state index contributed by atoms with van der Waals surface area (Å²) in [7, 11) is 0. The molecule has 1 aliphatic heterocycles. The third-order valence-electron chi connectivity index (χ3n) is 6.39. The SMILES string of the molecule is CC1CCCCC1NC(=O)c1ccc(OCC(=O)N2C(C)CCCC2C)cc1. The largest absolute Gasteiger partial charge is 0.484 e. The van der Waals surface area contributed by atoms with E-state index in [4.69, 9.17) is 4.74 Å². The van der Waals surface area contributed by atoms with Crippen LogP contribution in [0.4, 0.5) is 0 Å². The highest BCUT2D eigenvalue weighted by Crippen LogP contribution is 2.25. The minimum atomic E-state index is -0.0302. The lowest BCUT2D eigenvalue weighted by molar-refractivity contribution is -0.139. The van der Waals surface area contributed by atoms with Gasteiger partial charge in [-0.1, -0.05) is 19.8 Å². The van der Waals surface area contributed by atoms with Gasteiger partial charge in [-0.05, 0) is 76.1 Å².